The van der Waals surface area contributed by atoms with E-state index in [-0.39, 0.29) is 0 Å². The van der Waals surface area contributed by atoms with Gasteiger partial charge in [-0.05, 0) is 25.0 Å². The molecule has 0 amide bonds. The van der Waals surface area contributed by atoms with Gasteiger partial charge in [0.25, 0.3) is 0 Å². The van der Waals surface area contributed by atoms with Gasteiger partial charge in [-0.25, -0.2) is 0 Å². The molecular formula is C13H18O2. The van der Waals surface area contributed by atoms with E-state index in [2.05, 4.69) is 0 Å². The summed E-state index contributed by atoms with van der Waals surface area (Å²) >= 11 is 0. The summed E-state index contributed by atoms with van der Waals surface area (Å²) in [5, 5.41) is 9.87. The van der Waals surface area contributed by atoms with E-state index in [1.54, 1.807) is 7.11 Å². The Morgan fingerprint density at radius 1 is 1.47 bits per heavy atom. The van der Waals surface area contributed by atoms with E-state index in [0.717, 1.165) is 16.7 Å². The first kappa shape index (κ1) is 12.0. The van der Waals surface area contributed by atoms with E-state index >= 15 is 0 Å². The minimum atomic E-state index is -0.521. The van der Waals surface area contributed by atoms with Crippen LogP contribution in [-0.4, -0.2) is 12.2 Å². The summed E-state index contributed by atoms with van der Waals surface area (Å²) in [6.07, 6.45) is 1.32. The molecule has 1 aromatic rings. The number of aliphatic hydroxyl groups is 1. The molecule has 0 aliphatic carbocycles. The lowest BCUT2D eigenvalue weighted by Gasteiger charge is -2.08. The SMILES string of the molecule is COCc1cccc(C(O)C=C(C)C)c1. The molecular weight excluding hydrogens is 188 g/mol. The van der Waals surface area contributed by atoms with Gasteiger partial charge < -0.3 is 9.84 Å². The molecule has 0 saturated carbocycles. The number of methoxy groups -OCH3 is 1. The molecule has 0 aliphatic rings. The average Bonchev–Trinajstić information content (AvgIpc) is 2.17. The summed E-state index contributed by atoms with van der Waals surface area (Å²) in [5.41, 5.74) is 3.10. The molecule has 0 spiro atoms. The highest BCUT2D eigenvalue weighted by molar-refractivity contribution is 5.27. The van der Waals surface area contributed by atoms with Gasteiger partial charge in [0, 0.05) is 7.11 Å². The van der Waals surface area contributed by atoms with Crippen LogP contribution < -0.4 is 0 Å². The summed E-state index contributed by atoms with van der Waals surface area (Å²) in [7, 11) is 1.67. The van der Waals surface area contributed by atoms with Crippen LogP contribution in [0.1, 0.15) is 31.1 Å². The van der Waals surface area contributed by atoms with Crippen molar-refractivity contribution in [3.05, 3.63) is 47.0 Å². The highest BCUT2D eigenvalue weighted by atomic mass is 16.5. The van der Waals surface area contributed by atoms with Crippen molar-refractivity contribution in [2.75, 3.05) is 7.11 Å². The first-order valence-electron chi connectivity index (χ1n) is 5.04. The highest BCUT2D eigenvalue weighted by Gasteiger charge is 2.04. The zero-order chi connectivity index (χ0) is 11.3. The van der Waals surface area contributed by atoms with Crippen LogP contribution >= 0.6 is 0 Å². The van der Waals surface area contributed by atoms with Crippen molar-refractivity contribution in [2.24, 2.45) is 0 Å². The minimum absolute atomic E-state index is 0.521. The van der Waals surface area contributed by atoms with Gasteiger partial charge >= 0.3 is 0 Å². The van der Waals surface area contributed by atoms with Crippen molar-refractivity contribution in [1.82, 2.24) is 0 Å². The van der Waals surface area contributed by atoms with Gasteiger partial charge in [-0.1, -0.05) is 35.9 Å². The van der Waals surface area contributed by atoms with Crippen molar-refractivity contribution in [2.45, 2.75) is 26.6 Å². The van der Waals surface area contributed by atoms with E-state index < -0.39 is 6.10 Å². The Morgan fingerprint density at radius 3 is 2.80 bits per heavy atom. The fraction of sp³-hybridized carbons (Fsp3) is 0.385. The van der Waals surface area contributed by atoms with Crippen LogP contribution in [0.5, 0.6) is 0 Å². The van der Waals surface area contributed by atoms with Crippen molar-refractivity contribution < 1.29 is 9.84 Å². The van der Waals surface area contributed by atoms with E-state index in [1.807, 2.05) is 44.2 Å². The molecule has 0 heterocycles. The third-order valence-electron chi connectivity index (χ3n) is 2.09. The maximum atomic E-state index is 9.87. The Kier molecular flexibility index (Phi) is 4.53. The van der Waals surface area contributed by atoms with E-state index in [1.165, 1.54) is 0 Å². The van der Waals surface area contributed by atoms with Crippen molar-refractivity contribution in [3.8, 4) is 0 Å². The molecule has 1 N–H and O–H groups in total. The quantitative estimate of drug-likeness (QED) is 0.767. The van der Waals surface area contributed by atoms with Gasteiger partial charge in [-0.15, -0.1) is 0 Å². The molecule has 1 unspecified atom stereocenters. The summed E-state index contributed by atoms with van der Waals surface area (Å²) in [4.78, 5) is 0. The second kappa shape index (κ2) is 5.69. The summed E-state index contributed by atoms with van der Waals surface area (Å²) in [6.45, 7) is 4.53. The Labute approximate surface area is 91.2 Å². The molecule has 1 aromatic carbocycles. The molecule has 0 saturated heterocycles. The largest absolute Gasteiger partial charge is 0.384 e. The Morgan fingerprint density at radius 2 is 2.20 bits per heavy atom. The van der Waals surface area contributed by atoms with E-state index in [4.69, 9.17) is 4.74 Å². The van der Waals surface area contributed by atoms with Crippen LogP contribution in [0, 0.1) is 0 Å². The second-order valence-corrected chi connectivity index (χ2v) is 3.87. The minimum Gasteiger partial charge on any atom is -0.384 e. The first-order chi connectivity index (χ1) is 7.13. The molecule has 0 aromatic heterocycles. The predicted molar refractivity (Wildman–Crippen MR) is 61.5 cm³/mol. The van der Waals surface area contributed by atoms with Gasteiger partial charge in [-0.2, -0.15) is 0 Å². The van der Waals surface area contributed by atoms with Gasteiger partial charge in [0.1, 0.15) is 0 Å². The molecule has 2 nitrogen and oxygen atoms in total. The van der Waals surface area contributed by atoms with Crippen molar-refractivity contribution >= 4 is 0 Å². The van der Waals surface area contributed by atoms with Crippen LogP contribution in [0.25, 0.3) is 0 Å². The Balaban J connectivity index is 2.85. The zero-order valence-electron chi connectivity index (χ0n) is 9.53. The van der Waals surface area contributed by atoms with Crippen LogP contribution in [0.15, 0.2) is 35.9 Å². The Bertz CT molecular complexity index is 338. The molecule has 15 heavy (non-hydrogen) atoms. The molecule has 82 valence electrons. The first-order valence-corrected chi connectivity index (χ1v) is 5.04. The predicted octanol–water partition coefficient (Wildman–Crippen LogP) is 2.83. The van der Waals surface area contributed by atoms with Gasteiger partial charge in [0.05, 0.1) is 12.7 Å². The lowest BCUT2D eigenvalue weighted by atomic mass is 10.0. The number of rotatable bonds is 4. The average molecular weight is 206 g/mol. The molecule has 2 heteroatoms. The second-order valence-electron chi connectivity index (χ2n) is 3.87. The number of hydrogen-bond acceptors (Lipinski definition) is 2. The van der Waals surface area contributed by atoms with Crippen molar-refractivity contribution in [1.29, 1.82) is 0 Å². The number of ether oxygens (including phenoxy) is 1. The van der Waals surface area contributed by atoms with Gasteiger partial charge in [-0.3, -0.25) is 0 Å². The van der Waals surface area contributed by atoms with E-state index in [0.29, 0.717) is 6.61 Å². The topological polar surface area (TPSA) is 29.5 Å². The number of aliphatic hydroxyl groups excluding tert-OH is 1. The molecule has 0 radical (unpaired) electrons. The monoisotopic (exact) mass is 206 g/mol. The third-order valence-corrected chi connectivity index (χ3v) is 2.09. The smallest absolute Gasteiger partial charge is 0.0974 e. The number of benzene rings is 1. The molecule has 0 bridgehead atoms. The van der Waals surface area contributed by atoms with Crippen LogP contribution in [-0.2, 0) is 11.3 Å². The molecule has 0 fully saturated rings. The molecule has 0 aliphatic heterocycles. The van der Waals surface area contributed by atoms with Crippen molar-refractivity contribution in [3.63, 3.8) is 0 Å². The van der Waals surface area contributed by atoms with Crippen LogP contribution in [0.4, 0.5) is 0 Å². The third kappa shape index (κ3) is 3.86. The standard InChI is InChI=1S/C13H18O2/c1-10(2)7-13(14)12-6-4-5-11(8-12)9-15-3/h4-8,13-14H,9H2,1-3H3. The summed E-state index contributed by atoms with van der Waals surface area (Å²) < 4.78 is 5.05. The highest BCUT2D eigenvalue weighted by Crippen LogP contribution is 2.17. The summed E-state index contributed by atoms with van der Waals surface area (Å²) in [5.74, 6) is 0. The van der Waals surface area contributed by atoms with Crippen LogP contribution in [0.3, 0.4) is 0 Å². The lowest BCUT2D eigenvalue weighted by molar-refractivity contribution is 0.184. The number of allylic oxidation sites excluding steroid dienone is 1. The fourth-order valence-electron chi connectivity index (χ4n) is 1.45. The lowest BCUT2D eigenvalue weighted by Crippen LogP contribution is -1.96. The maximum absolute atomic E-state index is 9.87. The normalized spacial score (nSPS) is 12.3. The fourth-order valence-corrected chi connectivity index (χ4v) is 1.45. The van der Waals surface area contributed by atoms with E-state index in [9.17, 15) is 5.11 Å². The zero-order valence-corrected chi connectivity index (χ0v) is 9.53. The summed E-state index contributed by atoms with van der Waals surface area (Å²) in [6, 6.07) is 7.81. The van der Waals surface area contributed by atoms with Crippen LogP contribution in [0.2, 0.25) is 0 Å². The number of hydrogen-bond donors (Lipinski definition) is 1. The molecule has 1 atom stereocenters. The van der Waals surface area contributed by atoms with Gasteiger partial charge in [0.15, 0.2) is 0 Å². The Hall–Kier alpha value is -1.12. The maximum Gasteiger partial charge on any atom is 0.0974 e. The molecule has 1 rings (SSSR count). The van der Waals surface area contributed by atoms with Gasteiger partial charge in [0.2, 0.25) is 0 Å².